The zero-order chi connectivity index (χ0) is 28.9. The third-order valence-electron chi connectivity index (χ3n) is 8.02. The van der Waals surface area contributed by atoms with Crippen LogP contribution in [0.2, 0.25) is 0 Å². The quantitative estimate of drug-likeness (QED) is 0.106. The molecule has 0 radical (unpaired) electrons. The third-order valence-corrected chi connectivity index (χ3v) is 9.34. The normalized spacial score (nSPS) is 17.3. The Morgan fingerprint density at radius 3 is 2.19 bits per heavy atom. The summed E-state index contributed by atoms with van der Waals surface area (Å²) in [6.45, 7) is 0. The van der Waals surface area contributed by atoms with Crippen molar-refractivity contribution in [3.8, 4) is 39.3 Å². The highest BCUT2D eigenvalue weighted by Gasteiger charge is 2.37. The maximum Gasteiger partial charge on any atom is 0.191 e. The molecule has 0 saturated carbocycles. The third kappa shape index (κ3) is 4.99. The van der Waals surface area contributed by atoms with Gasteiger partial charge in [-0.2, -0.15) is 0 Å². The fourth-order valence-electron chi connectivity index (χ4n) is 5.92. The van der Waals surface area contributed by atoms with Crippen LogP contribution in [-0.4, -0.2) is 9.97 Å². The second-order valence-corrected chi connectivity index (χ2v) is 12.7. The topological polar surface area (TPSA) is 59.1 Å². The fourth-order valence-corrected chi connectivity index (χ4v) is 7.15. The highest BCUT2D eigenvalue weighted by atomic mass is 127. The van der Waals surface area contributed by atoms with E-state index in [2.05, 4.69) is 152 Å². The highest BCUT2D eigenvalue weighted by molar-refractivity contribution is 14.1. The molecular weight excluding hydrogens is 758 g/mol. The number of rotatable bonds is 4. The molecule has 0 bridgehead atoms. The van der Waals surface area contributed by atoms with Crippen molar-refractivity contribution in [1.82, 2.24) is 20.6 Å². The summed E-state index contributed by atoms with van der Waals surface area (Å²) >= 11 is 4.54. The van der Waals surface area contributed by atoms with Crippen LogP contribution in [0.1, 0.15) is 23.3 Å². The van der Waals surface area contributed by atoms with E-state index in [1.807, 2.05) is 30.3 Å². The minimum atomic E-state index is -0.0352. The van der Waals surface area contributed by atoms with Gasteiger partial charge in [0.05, 0.1) is 17.3 Å². The molecule has 2 N–H and O–H groups in total. The van der Waals surface area contributed by atoms with Crippen LogP contribution >= 0.6 is 45.2 Å². The lowest BCUT2D eigenvalue weighted by atomic mass is 9.96. The van der Waals surface area contributed by atoms with Gasteiger partial charge in [0.15, 0.2) is 9.59 Å². The van der Waals surface area contributed by atoms with Gasteiger partial charge in [-0.05, 0) is 74.7 Å². The van der Waals surface area contributed by atoms with Crippen LogP contribution in [0.4, 0.5) is 0 Å². The van der Waals surface area contributed by atoms with E-state index in [1.54, 1.807) is 0 Å². The summed E-state index contributed by atoms with van der Waals surface area (Å²) in [5.41, 5.74) is 10.0. The SMILES string of the molecule is IC1=C2Oc3ccccc3C2NC(c2cccc(-c3cccc(-c4ccc(-c5nc(I)nc6ccccc56)cc4)c3)c2)N1. The average Bonchev–Trinajstić information content (AvgIpc) is 3.44. The molecule has 5 nitrogen and oxygen atoms in total. The molecule has 6 aromatic rings. The van der Waals surface area contributed by atoms with Gasteiger partial charge in [0.1, 0.15) is 15.6 Å². The molecule has 2 unspecified atom stereocenters. The number of halogens is 2. The van der Waals surface area contributed by atoms with E-state index in [4.69, 9.17) is 9.72 Å². The van der Waals surface area contributed by atoms with Gasteiger partial charge in [-0.15, -0.1) is 0 Å². The number of aromatic nitrogens is 2. The molecule has 0 amide bonds. The lowest BCUT2D eigenvalue weighted by molar-refractivity contribution is 0.337. The molecule has 208 valence electrons. The minimum Gasteiger partial charge on any atom is -0.457 e. The van der Waals surface area contributed by atoms with Crippen molar-refractivity contribution < 1.29 is 4.74 Å². The van der Waals surface area contributed by atoms with Crippen molar-refractivity contribution in [2.45, 2.75) is 12.2 Å². The van der Waals surface area contributed by atoms with Gasteiger partial charge < -0.3 is 10.1 Å². The second-order valence-electron chi connectivity index (χ2n) is 10.6. The number of hydrogen-bond acceptors (Lipinski definition) is 5. The molecule has 2 aliphatic heterocycles. The highest BCUT2D eigenvalue weighted by Crippen LogP contribution is 2.44. The molecule has 0 fully saturated rings. The molecule has 2 aliphatic rings. The van der Waals surface area contributed by atoms with Gasteiger partial charge in [-0.3, -0.25) is 5.32 Å². The summed E-state index contributed by atoms with van der Waals surface area (Å²) in [4.78, 5) is 9.35. The van der Waals surface area contributed by atoms with Crippen LogP contribution in [0.5, 0.6) is 5.75 Å². The second kappa shape index (κ2) is 11.0. The predicted octanol–water partition coefficient (Wildman–Crippen LogP) is 9.16. The monoisotopic (exact) mass is 782 g/mol. The van der Waals surface area contributed by atoms with Gasteiger partial charge in [0.25, 0.3) is 0 Å². The molecule has 0 aliphatic carbocycles. The molecule has 3 heterocycles. The number of hydrogen-bond donors (Lipinski definition) is 2. The van der Waals surface area contributed by atoms with Crippen LogP contribution in [0, 0.1) is 3.83 Å². The Labute approximate surface area is 276 Å². The van der Waals surface area contributed by atoms with Crippen LogP contribution in [0.3, 0.4) is 0 Å². The molecule has 0 saturated heterocycles. The van der Waals surface area contributed by atoms with Gasteiger partial charge in [0, 0.05) is 39.1 Å². The maximum atomic E-state index is 6.15. The first-order chi connectivity index (χ1) is 21.1. The van der Waals surface area contributed by atoms with Crippen molar-refractivity contribution in [3.63, 3.8) is 0 Å². The van der Waals surface area contributed by atoms with Crippen molar-refractivity contribution in [3.05, 3.63) is 146 Å². The Morgan fingerprint density at radius 1 is 0.628 bits per heavy atom. The minimum absolute atomic E-state index is 0.0352. The fraction of sp³-hybridized carbons (Fsp3) is 0.0556. The predicted molar refractivity (Wildman–Crippen MR) is 188 cm³/mol. The van der Waals surface area contributed by atoms with E-state index in [9.17, 15) is 0 Å². The summed E-state index contributed by atoms with van der Waals surface area (Å²) in [6.07, 6.45) is -0.0352. The zero-order valence-electron chi connectivity index (χ0n) is 22.8. The van der Waals surface area contributed by atoms with Crippen molar-refractivity contribution in [1.29, 1.82) is 0 Å². The molecule has 2 atom stereocenters. The molecule has 1 aromatic heterocycles. The van der Waals surface area contributed by atoms with Crippen molar-refractivity contribution >= 4 is 56.1 Å². The van der Waals surface area contributed by atoms with Crippen LogP contribution in [0.15, 0.2) is 131 Å². The van der Waals surface area contributed by atoms with E-state index in [-0.39, 0.29) is 12.2 Å². The average molecular weight is 782 g/mol. The van der Waals surface area contributed by atoms with E-state index in [0.29, 0.717) is 0 Å². The molecule has 43 heavy (non-hydrogen) atoms. The number of benzene rings is 5. The summed E-state index contributed by atoms with van der Waals surface area (Å²) in [6, 6.07) is 42.6. The Bertz CT molecular complexity index is 2060. The first-order valence-electron chi connectivity index (χ1n) is 14.0. The Kier molecular flexibility index (Phi) is 6.88. The van der Waals surface area contributed by atoms with Crippen LogP contribution < -0.4 is 15.4 Å². The van der Waals surface area contributed by atoms with Crippen molar-refractivity contribution in [2.75, 3.05) is 0 Å². The van der Waals surface area contributed by atoms with Gasteiger partial charge in [-0.25, -0.2) is 9.97 Å². The lowest BCUT2D eigenvalue weighted by Crippen LogP contribution is -2.40. The smallest absolute Gasteiger partial charge is 0.191 e. The van der Waals surface area contributed by atoms with Gasteiger partial charge in [0.2, 0.25) is 0 Å². The van der Waals surface area contributed by atoms with Gasteiger partial charge in [-0.1, -0.05) is 97.1 Å². The van der Waals surface area contributed by atoms with Crippen LogP contribution in [-0.2, 0) is 0 Å². The Hall–Kier alpha value is -3.80. The Morgan fingerprint density at radius 2 is 1.33 bits per heavy atom. The molecule has 0 spiro atoms. The van der Waals surface area contributed by atoms with E-state index < -0.39 is 0 Å². The lowest BCUT2D eigenvalue weighted by Gasteiger charge is -2.31. The molecular formula is C36H24I2N4O. The first kappa shape index (κ1) is 26.8. The zero-order valence-corrected chi connectivity index (χ0v) is 27.1. The molecule has 5 aromatic carbocycles. The van der Waals surface area contributed by atoms with Crippen LogP contribution in [0.25, 0.3) is 44.4 Å². The van der Waals surface area contributed by atoms with E-state index >= 15 is 0 Å². The standard InChI is InChI=1S/C36H24I2N4O/c37-34-33-32(28-12-2-4-14-30(28)43-33)40-35(42-34)26-10-6-9-25(20-26)24-8-5-7-23(19-24)21-15-17-22(18-16-21)31-27-11-1-3-13-29(27)39-36(38)41-31/h1-20,32,35,40,42H. The number of fused-ring (bicyclic) bond motifs is 4. The summed E-state index contributed by atoms with van der Waals surface area (Å²) < 4.78 is 7.93. The Balaban J connectivity index is 1.08. The maximum absolute atomic E-state index is 6.15. The van der Waals surface area contributed by atoms with E-state index in [0.717, 1.165) is 46.8 Å². The molecule has 7 heteroatoms. The first-order valence-corrected chi connectivity index (χ1v) is 16.2. The largest absolute Gasteiger partial charge is 0.457 e. The number of ether oxygens (including phenoxy) is 1. The van der Waals surface area contributed by atoms with E-state index in [1.165, 1.54) is 27.8 Å². The summed E-state index contributed by atoms with van der Waals surface area (Å²) in [5.74, 6) is 1.86. The molecule has 8 rings (SSSR count). The number of nitrogens with one attached hydrogen (secondary N) is 2. The summed E-state index contributed by atoms with van der Waals surface area (Å²) in [7, 11) is 0. The summed E-state index contributed by atoms with van der Waals surface area (Å²) in [5, 5.41) is 8.43. The van der Waals surface area contributed by atoms with Crippen molar-refractivity contribution in [2.24, 2.45) is 0 Å². The number of nitrogens with zero attached hydrogens (tertiary/aromatic N) is 2. The number of para-hydroxylation sites is 2. The van der Waals surface area contributed by atoms with Gasteiger partial charge >= 0.3 is 0 Å².